The highest BCUT2D eigenvalue weighted by atomic mass is 32.2. The zero-order valence-electron chi connectivity index (χ0n) is 10.6. The van der Waals surface area contributed by atoms with Gasteiger partial charge in [-0.1, -0.05) is 0 Å². The third-order valence-electron chi connectivity index (χ3n) is 3.34. The van der Waals surface area contributed by atoms with Crippen LogP contribution in [-0.2, 0) is 11.3 Å². The molecule has 3 rings (SSSR count). The van der Waals surface area contributed by atoms with Crippen LogP contribution >= 0.6 is 11.8 Å². The Balaban J connectivity index is 1.87. The second-order valence-corrected chi connectivity index (χ2v) is 5.50. The summed E-state index contributed by atoms with van der Waals surface area (Å²) < 4.78 is 7.22. The smallest absolute Gasteiger partial charge is 0.278 e. The van der Waals surface area contributed by atoms with Gasteiger partial charge in [-0.05, 0) is 6.26 Å². The lowest BCUT2D eigenvalue weighted by molar-refractivity contribution is 0.0147. The fourth-order valence-corrected chi connectivity index (χ4v) is 2.97. The molecule has 108 valence electrons. The van der Waals surface area contributed by atoms with Gasteiger partial charge >= 0.3 is 0 Å². The number of aliphatic hydroxyl groups is 2. The van der Waals surface area contributed by atoms with E-state index in [-0.39, 0.29) is 17.6 Å². The van der Waals surface area contributed by atoms with Gasteiger partial charge in [0.05, 0.1) is 19.2 Å². The van der Waals surface area contributed by atoms with Gasteiger partial charge in [-0.15, -0.1) is 11.8 Å². The Morgan fingerprint density at radius 3 is 2.95 bits per heavy atom. The maximum Gasteiger partial charge on any atom is 0.278 e. The van der Waals surface area contributed by atoms with Crippen LogP contribution in [0.1, 0.15) is 0 Å². The lowest BCUT2D eigenvalue weighted by atomic mass is 10.1. The van der Waals surface area contributed by atoms with E-state index >= 15 is 0 Å². The number of nitrogens with one attached hydrogen (secondary N) is 1. The summed E-state index contributed by atoms with van der Waals surface area (Å²) in [6.07, 6.45) is 2.10. The fourth-order valence-electron chi connectivity index (χ4n) is 2.28. The second kappa shape index (κ2) is 5.17. The number of fused-ring (bicyclic) bond motifs is 1. The van der Waals surface area contributed by atoms with E-state index in [0.29, 0.717) is 5.65 Å². The van der Waals surface area contributed by atoms with Crippen LogP contribution in [0.25, 0.3) is 11.2 Å². The predicted octanol–water partition coefficient (Wildman–Crippen LogP) is -1.07. The Bertz CT molecular complexity index is 672. The SMILES string of the molecule is CS[C@H]1O[C@H](Cn2cnc3c(=O)[nH]cnc32)[C@@H](O)[C@H]1O. The van der Waals surface area contributed by atoms with Gasteiger partial charge in [-0.25, -0.2) is 9.97 Å². The zero-order chi connectivity index (χ0) is 14.3. The molecule has 2 aromatic heterocycles. The zero-order valence-corrected chi connectivity index (χ0v) is 11.4. The molecule has 3 N–H and O–H groups in total. The minimum atomic E-state index is -0.980. The first-order valence-electron chi connectivity index (χ1n) is 6.04. The van der Waals surface area contributed by atoms with Crippen molar-refractivity contribution >= 4 is 22.9 Å². The first-order valence-corrected chi connectivity index (χ1v) is 7.33. The summed E-state index contributed by atoms with van der Waals surface area (Å²) in [5.74, 6) is 0. The Kier molecular flexibility index (Phi) is 3.50. The van der Waals surface area contributed by atoms with E-state index in [1.807, 2.05) is 0 Å². The lowest BCUT2D eigenvalue weighted by Crippen LogP contribution is -2.33. The van der Waals surface area contributed by atoms with E-state index in [1.54, 1.807) is 10.8 Å². The first kappa shape index (κ1) is 13.6. The number of ether oxygens (including phenoxy) is 1. The number of H-pyrrole nitrogens is 1. The molecule has 8 nitrogen and oxygen atoms in total. The van der Waals surface area contributed by atoms with Crippen molar-refractivity contribution in [1.29, 1.82) is 0 Å². The molecule has 1 aliphatic rings. The van der Waals surface area contributed by atoms with E-state index in [0.717, 1.165) is 0 Å². The minimum Gasteiger partial charge on any atom is -0.387 e. The van der Waals surface area contributed by atoms with Crippen LogP contribution in [0.5, 0.6) is 0 Å². The molecule has 1 fully saturated rings. The van der Waals surface area contributed by atoms with Gasteiger partial charge in [0.2, 0.25) is 0 Å². The summed E-state index contributed by atoms with van der Waals surface area (Å²) in [7, 11) is 0. The molecule has 9 heteroatoms. The van der Waals surface area contributed by atoms with E-state index in [4.69, 9.17) is 4.74 Å². The van der Waals surface area contributed by atoms with Crippen molar-refractivity contribution in [2.75, 3.05) is 6.26 Å². The van der Waals surface area contributed by atoms with Gasteiger partial charge in [-0.3, -0.25) is 4.79 Å². The van der Waals surface area contributed by atoms with Gasteiger partial charge in [0, 0.05) is 0 Å². The number of hydrogen-bond donors (Lipinski definition) is 3. The fraction of sp³-hybridized carbons (Fsp3) is 0.545. The highest BCUT2D eigenvalue weighted by Crippen LogP contribution is 2.28. The summed E-state index contributed by atoms with van der Waals surface area (Å²) in [4.78, 5) is 22.1. The number of rotatable bonds is 3. The summed E-state index contributed by atoms with van der Waals surface area (Å²) in [5, 5.41) is 19.8. The summed E-state index contributed by atoms with van der Waals surface area (Å²) >= 11 is 1.34. The first-order chi connectivity index (χ1) is 9.61. The molecule has 0 saturated carbocycles. The van der Waals surface area contributed by atoms with Crippen molar-refractivity contribution < 1.29 is 14.9 Å². The molecule has 0 spiro atoms. The molecule has 4 atom stereocenters. The number of nitrogens with zero attached hydrogens (tertiary/aromatic N) is 3. The van der Waals surface area contributed by atoms with E-state index in [9.17, 15) is 15.0 Å². The molecule has 0 aromatic carbocycles. The molecular weight excluding hydrogens is 284 g/mol. The lowest BCUT2D eigenvalue weighted by Gasteiger charge is -2.15. The van der Waals surface area contributed by atoms with Gasteiger partial charge in [0.15, 0.2) is 11.2 Å². The average Bonchev–Trinajstić information content (AvgIpc) is 2.97. The van der Waals surface area contributed by atoms with Gasteiger partial charge in [0.25, 0.3) is 5.56 Å². The van der Waals surface area contributed by atoms with Crippen LogP contribution in [0, 0.1) is 0 Å². The van der Waals surface area contributed by atoms with Crippen molar-refractivity contribution in [3.8, 4) is 0 Å². The van der Waals surface area contributed by atoms with Crippen LogP contribution in [0.2, 0.25) is 0 Å². The van der Waals surface area contributed by atoms with E-state index < -0.39 is 23.7 Å². The van der Waals surface area contributed by atoms with Crippen molar-refractivity contribution in [2.45, 2.75) is 30.3 Å². The average molecular weight is 298 g/mol. The quantitative estimate of drug-likeness (QED) is 0.661. The van der Waals surface area contributed by atoms with Crippen LogP contribution in [0.4, 0.5) is 0 Å². The van der Waals surface area contributed by atoms with Crippen molar-refractivity contribution in [3.63, 3.8) is 0 Å². The molecule has 2 aromatic rings. The van der Waals surface area contributed by atoms with Crippen molar-refractivity contribution in [3.05, 3.63) is 23.0 Å². The topological polar surface area (TPSA) is 113 Å². The van der Waals surface area contributed by atoms with E-state index in [2.05, 4.69) is 15.0 Å². The summed E-state index contributed by atoms with van der Waals surface area (Å²) in [5.41, 5.74) is -0.113. The van der Waals surface area contributed by atoms with Gasteiger partial charge < -0.3 is 24.5 Å². The third kappa shape index (κ3) is 2.12. The summed E-state index contributed by atoms with van der Waals surface area (Å²) in [6, 6.07) is 0. The molecular formula is C11H14N4O4S. The van der Waals surface area contributed by atoms with Crippen molar-refractivity contribution in [1.82, 2.24) is 19.5 Å². The molecule has 3 heterocycles. The highest BCUT2D eigenvalue weighted by molar-refractivity contribution is 7.99. The largest absolute Gasteiger partial charge is 0.387 e. The number of aromatic amines is 1. The predicted molar refractivity (Wildman–Crippen MR) is 72.3 cm³/mol. The normalized spacial score (nSPS) is 30.1. The molecule has 0 aliphatic carbocycles. The molecule has 0 amide bonds. The molecule has 0 radical (unpaired) electrons. The van der Waals surface area contributed by atoms with E-state index in [1.165, 1.54) is 24.4 Å². The minimum absolute atomic E-state index is 0.238. The second-order valence-electron chi connectivity index (χ2n) is 4.56. The van der Waals surface area contributed by atoms with Crippen LogP contribution in [0.15, 0.2) is 17.4 Å². The number of imidazole rings is 1. The molecule has 0 bridgehead atoms. The molecule has 20 heavy (non-hydrogen) atoms. The van der Waals surface area contributed by atoms with Crippen LogP contribution in [-0.4, -0.2) is 59.7 Å². The van der Waals surface area contributed by atoms with Crippen LogP contribution in [0.3, 0.4) is 0 Å². The molecule has 1 saturated heterocycles. The molecule has 0 unspecified atom stereocenters. The van der Waals surface area contributed by atoms with Gasteiger partial charge in [0.1, 0.15) is 23.7 Å². The van der Waals surface area contributed by atoms with Crippen molar-refractivity contribution in [2.24, 2.45) is 0 Å². The number of aromatic nitrogens is 4. The Labute approximate surface area is 117 Å². The van der Waals surface area contributed by atoms with Gasteiger partial charge in [-0.2, -0.15) is 0 Å². The standard InChI is InChI=1S/C11H14N4O4S/c1-20-11-8(17)7(16)5(19-11)2-15-4-14-6-9(15)12-3-13-10(6)18/h3-5,7-8,11,16-17H,2H2,1H3,(H,12,13,18)/t5-,7-,8-,11-/m1/s1. The van der Waals surface area contributed by atoms with Crippen LogP contribution < -0.4 is 5.56 Å². The Hall–Kier alpha value is -1.42. The highest BCUT2D eigenvalue weighted by Gasteiger charge is 2.42. The Morgan fingerprint density at radius 2 is 2.25 bits per heavy atom. The number of aliphatic hydroxyl groups excluding tert-OH is 2. The third-order valence-corrected chi connectivity index (χ3v) is 4.19. The number of thioether (sulfide) groups is 1. The number of hydrogen-bond acceptors (Lipinski definition) is 7. The Morgan fingerprint density at radius 1 is 1.45 bits per heavy atom. The molecule has 1 aliphatic heterocycles. The monoisotopic (exact) mass is 298 g/mol. The maximum absolute atomic E-state index is 11.5. The maximum atomic E-state index is 11.5. The summed E-state index contributed by atoms with van der Waals surface area (Å²) in [6.45, 7) is 0.266.